The van der Waals surface area contributed by atoms with Gasteiger partial charge in [-0.25, -0.2) is 8.78 Å². The van der Waals surface area contributed by atoms with E-state index in [0.717, 1.165) is 40.7 Å². The number of hydrogen-bond donors (Lipinski definition) is 2. The molecule has 1 saturated heterocycles. The van der Waals surface area contributed by atoms with Crippen molar-refractivity contribution in [2.24, 2.45) is 5.41 Å². The highest BCUT2D eigenvalue weighted by atomic mass is 19.1. The summed E-state index contributed by atoms with van der Waals surface area (Å²) >= 11 is 0. The van der Waals surface area contributed by atoms with E-state index >= 15 is 0 Å². The van der Waals surface area contributed by atoms with Crippen LogP contribution < -0.4 is 0 Å². The zero-order chi connectivity index (χ0) is 22.5. The third-order valence-corrected chi connectivity index (χ3v) is 7.11. The maximum absolute atomic E-state index is 13.7. The molecule has 1 aliphatic carbocycles. The summed E-state index contributed by atoms with van der Waals surface area (Å²) in [5.41, 5.74) is 2.31. The molecule has 0 amide bonds. The summed E-state index contributed by atoms with van der Waals surface area (Å²) in [5, 5.41) is 20.7. The van der Waals surface area contributed by atoms with Crippen LogP contribution in [0.1, 0.15) is 48.8 Å². The number of aromatic nitrogens is 1. The normalized spacial score (nSPS) is 23.9. The Morgan fingerprint density at radius 3 is 2.41 bits per heavy atom. The van der Waals surface area contributed by atoms with Gasteiger partial charge in [0, 0.05) is 35.9 Å². The molecule has 168 valence electrons. The van der Waals surface area contributed by atoms with Crippen molar-refractivity contribution in [3.8, 4) is 11.4 Å². The average molecular weight is 441 g/mol. The van der Waals surface area contributed by atoms with Crippen molar-refractivity contribution >= 4 is 16.9 Å². The molecule has 1 aromatic heterocycles. The second-order valence-electron chi connectivity index (χ2n) is 9.02. The highest BCUT2D eigenvalue weighted by Gasteiger charge is 2.52. The van der Waals surface area contributed by atoms with E-state index in [0.29, 0.717) is 13.2 Å². The summed E-state index contributed by atoms with van der Waals surface area (Å²) < 4.78 is 35.0. The molecule has 1 saturated carbocycles. The molecule has 0 unspecified atom stereocenters. The lowest BCUT2D eigenvalue weighted by molar-refractivity contribution is -0.157. The predicted octanol–water partition coefficient (Wildman–Crippen LogP) is 5.29. The number of nitrogens with zero attached hydrogens (tertiary/aromatic N) is 1. The molecule has 1 aliphatic heterocycles. The highest BCUT2D eigenvalue weighted by Crippen LogP contribution is 2.56. The van der Waals surface area contributed by atoms with Crippen molar-refractivity contribution in [2.75, 3.05) is 19.9 Å². The van der Waals surface area contributed by atoms with Gasteiger partial charge >= 0.3 is 5.97 Å². The molecule has 0 spiro atoms. The molecule has 5 rings (SSSR count). The van der Waals surface area contributed by atoms with Crippen LogP contribution >= 0.6 is 0 Å². The van der Waals surface area contributed by atoms with Crippen molar-refractivity contribution in [2.45, 2.75) is 37.5 Å². The van der Waals surface area contributed by atoms with Gasteiger partial charge in [-0.1, -0.05) is 0 Å². The fraction of sp³-hybridized carbons (Fsp3) is 0.400. The summed E-state index contributed by atoms with van der Waals surface area (Å²) in [7, 11) is 0. The number of carbonyl (C=O) groups is 1. The van der Waals surface area contributed by atoms with E-state index < -0.39 is 18.1 Å². The Bertz CT molecular complexity index is 1160. The first kappa shape index (κ1) is 20.9. The number of ether oxygens (including phenoxy) is 1. The largest absolute Gasteiger partial charge is 0.508 e. The first-order valence-electron chi connectivity index (χ1n) is 10.9. The van der Waals surface area contributed by atoms with Crippen LogP contribution in [-0.4, -0.2) is 40.6 Å². The number of benzene rings is 2. The van der Waals surface area contributed by atoms with Gasteiger partial charge in [-0.2, -0.15) is 0 Å². The highest BCUT2D eigenvalue weighted by molar-refractivity contribution is 5.90. The molecular formula is C25H25F2NO4. The Hall–Kier alpha value is -2.93. The van der Waals surface area contributed by atoms with Gasteiger partial charge in [0.15, 0.2) is 0 Å². The average Bonchev–Trinajstić information content (AvgIpc) is 3.08. The summed E-state index contributed by atoms with van der Waals surface area (Å²) in [4.78, 5) is 11.7. The summed E-state index contributed by atoms with van der Waals surface area (Å²) in [6, 6.07) is 11.4. The van der Waals surface area contributed by atoms with Gasteiger partial charge in [-0.3, -0.25) is 4.79 Å². The van der Waals surface area contributed by atoms with Crippen LogP contribution in [0.5, 0.6) is 5.75 Å². The van der Waals surface area contributed by atoms with E-state index in [9.17, 15) is 23.8 Å². The van der Waals surface area contributed by atoms with Gasteiger partial charge in [0.1, 0.15) is 18.2 Å². The Morgan fingerprint density at radius 2 is 1.78 bits per heavy atom. The molecule has 2 aromatic carbocycles. The van der Waals surface area contributed by atoms with Gasteiger partial charge in [0.2, 0.25) is 0 Å². The number of carboxylic acid groups (broad SMARTS) is 1. The van der Waals surface area contributed by atoms with Crippen molar-refractivity contribution in [1.82, 2.24) is 4.57 Å². The molecule has 0 bridgehead atoms. The fourth-order valence-electron chi connectivity index (χ4n) is 5.42. The molecule has 7 heteroatoms. The first-order valence-corrected chi connectivity index (χ1v) is 10.9. The zero-order valence-electron chi connectivity index (χ0n) is 17.6. The first-order chi connectivity index (χ1) is 15.4. The van der Waals surface area contributed by atoms with Crippen LogP contribution in [0.15, 0.2) is 42.5 Å². The van der Waals surface area contributed by atoms with Gasteiger partial charge in [0.05, 0.1) is 10.9 Å². The lowest BCUT2D eigenvalue weighted by Gasteiger charge is -2.43. The van der Waals surface area contributed by atoms with Crippen LogP contribution in [0.3, 0.4) is 0 Å². The van der Waals surface area contributed by atoms with Crippen LogP contribution in [0, 0.1) is 11.2 Å². The number of carboxylic acids is 1. The standard InChI is InChI=1S/C25H25F2NO4/c26-14-25(24(30)31)12-16(13-25)22-20-11-19(29)5-6-21(20)28(18-3-1-17(27)2-4-18)23(22)15-7-9-32-10-8-15/h1-6,11,15-16,29H,7-10,12-14H2,(H,30,31)/t16-,25+. The number of hydrogen-bond acceptors (Lipinski definition) is 3. The van der Waals surface area contributed by atoms with Crippen molar-refractivity contribution < 1.29 is 28.5 Å². The fourth-order valence-corrected chi connectivity index (χ4v) is 5.42. The number of aromatic hydroxyl groups is 1. The number of halogens is 2. The van der Waals surface area contributed by atoms with E-state index in [1.807, 2.05) is 6.07 Å². The Morgan fingerprint density at radius 1 is 1.09 bits per heavy atom. The van der Waals surface area contributed by atoms with Crippen LogP contribution in [0.4, 0.5) is 8.78 Å². The molecule has 2 aliphatic rings. The molecule has 5 nitrogen and oxygen atoms in total. The van der Waals surface area contributed by atoms with Gasteiger partial charge < -0.3 is 19.5 Å². The SMILES string of the molecule is O=C(O)[C@]1(CF)C[C@H](c2c(C3CCOCC3)n(-c3ccc(F)cc3)c3ccc(O)cc32)C1. The maximum Gasteiger partial charge on any atom is 0.312 e. The van der Waals surface area contributed by atoms with Gasteiger partial charge in [-0.15, -0.1) is 0 Å². The van der Waals surface area contributed by atoms with Crippen molar-refractivity contribution in [3.63, 3.8) is 0 Å². The number of fused-ring (bicyclic) bond motifs is 1. The second-order valence-corrected chi connectivity index (χ2v) is 9.02. The zero-order valence-corrected chi connectivity index (χ0v) is 17.6. The van der Waals surface area contributed by atoms with E-state index in [-0.39, 0.29) is 36.2 Å². The lowest BCUT2D eigenvalue weighted by Crippen LogP contribution is -2.44. The molecule has 2 N–H and O–H groups in total. The summed E-state index contributed by atoms with van der Waals surface area (Å²) in [6.07, 6.45) is 2.04. The van der Waals surface area contributed by atoms with E-state index in [4.69, 9.17) is 4.74 Å². The van der Waals surface area contributed by atoms with Gasteiger partial charge in [0.25, 0.3) is 0 Å². The summed E-state index contributed by atoms with van der Waals surface area (Å²) in [6.45, 7) is 0.344. The van der Waals surface area contributed by atoms with Gasteiger partial charge in [-0.05, 0) is 79.6 Å². The number of rotatable bonds is 5. The Balaban J connectivity index is 1.74. The molecule has 3 aromatic rings. The molecule has 32 heavy (non-hydrogen) atoms. The molecular weight excluding hydrogens is 416 g/mol. The molecule has 2 heterocycles. The smallest absolute Gasteiger partial charge is 0.312 e. The number of phenolic OH excluding ortho intramolecular Hbond substituents is 1. The molecule has 0 radical (unpaired) electrons. The third kappa shape index (κ3) is 3.26. The quantitative estimate of drug-likeness (QED) is 0.565. The number of aliphatic carboxylic acids is 1. The molecule has 2 fully saturated rings. The van der Waals surface area contributed by atoms with Crippen LogP contribution in [0.25, 0.3) is 16.6 Å². The minimum Gasteiger partial charge on any atom is -0.508 e. The predicted molar refractivity (Wildman–Crippen MR) is 116 cm³/mol. The maximum atomic E-state index is 13.7. The minimum absolute atomic E-state index is 0.114. The minimum atomic E-state index is -1.35. The molecule has 0 atom stereocenters. The topological polar surface area (TPSA) is 71.7 Å². The number of phenols is 1. The second kappa shape index (κ2) is 7.89. The summed E-state index contributed by atoms with van der Waals surface area (Å²) in [5.74, 6) is -1.30. The number of alkyl halides is 1. The van der Waals surface area contributed by atoms with E-state index in [1.165, 1.54) is 12.1 Å². The van der Waals surface area contributed by atoms with Crippen molar-refractivity contribution in [3.05, 3.63) is 59.5 Å². The van der Waals surface area contributed by atoms with Crippen LogP contribution in [0.2, 0.25) is 0 Å². The monoisotopic (exact) mass is 441 g/mol. The third-order valence-electron chi connectivity index (χ3n) is 7.11. The van der Waals surface area contributed by atoms with Crippen LogP contribution in [-0.2, 0) is 9.53 Å². The van der Waals surface area contributed by atoms with Crippen molar-refractivity contribution in [1.29, 1.82) is 0 Å². The van der Waals surface area contributed by atoms with E-state index in [1.54, 1.807) is 24.3 Å². The van der Waals surface area contributed by atoms with E-state index in [2.05, 4.69) is 4.57 Å². The lowest BCUT2D eigenvalue weighted by atomic mass is 9.59. The Kier molecular flexibility index (Phi) is 5.16. The Labute approximate surface area is 184 Å².